The van der Waals surface area contributed by atoms with Gasteiger partial charge in [0, 0.05) is 20.8 Å². The van der Waals surface area contributed by atoms with Crippen LogP contribution < -0.4 is 0 Å². The highest BCUT2D eigenvalue weighted by molar-refractivity contribution is 5.89. The molecule has 4 atom stereocenters. The maximum absolute atomic E-state index is 12.9. The number of carbonyl (C=O) groups is 4. The molecule has 1 aliphatic heterocycles. The molecule has 0 N–H and O–H groups in total. The molecule has 0 radical (unpaired) electrons. The zero-order chi connectivity index (χ0) is 23.3. The summed E-state index contributed by atoms with van der Waals surface area (Å²) in [7, 11) is 0. The van der Waals surface area contributed by atoms with Gasteiger partial charge < -0.3 is 23.7 Å². The van der Waals surface area contributed by atoms with Gasteiger partial charge in [0.15, 0.2) is 12.2 Å². The summed E-state index contributed by atoms with van der Waals surface area (Å²) in [5.74, 6) is -3.63. The molecule has 0 spiro atoms. The standard InChI is InChI=1S/C19H19F3O9/c1-9(23)28-14-8-27-18(16(30-11(3)25)15(14)29-10(2)24)31-17(26)12-5-4-6-13(7-12)19(20,21)22/h4-7,14-16,18H,8H2,1-3H3/t14-,15+,16-,18+/m1/s1. The van der Waals surface area contributed by atoms with Crippen LogP contribution in [0.25, 0.3) is 0 Å². The van der Waals surface area contributed by atoms with Gasteiger partial charge >= 0.3 is 30.1 Å². The van der Waals surface area contributed by atoms with Gasteiger partial charge in [0.1, 0.15) is 0 Å². The number of ether oxygens (including phenoxy) is 5. The number of hydrogen-bond acceptors (Lipinski definition) is 9. The van der Waals surface area contributed by atoms with Crippen molar-refractivity contribution in [2.45, 2.75) is 51.5 Å². The topological polar surface area (TPSA) is 114 Å². The van der Waals surface area contributed by atoms with Crippen LogP contribution in [0, 0.1) is 0 Å². The molecule has 0 aromatic heterocycles. The normalized spacial score (nSPS) is 23.4. The summed E-state index contributed by atoms with van der Waals surface area (Å²) in [6.45, 7) is 2.75. The second kappa shape index (κ2) is 9.77. The van der Waals surface area contributed by atoms with E-state index in [-0.39, 0.29) is 0 Å². The summed E-state index contributed by atoms with van der Waals surface area (Å²) in [6, 6.07) is 3.46. The van der Waals surface area contributed by atoms with Crippen LogP contribution in [0.5, 0.6) is 0 Å². The largest absolute Gasteiger partial charge is 0.456 e. The van der Waals surface area contributed by atoms with Gasteiger partial charge in [0.2, 0.25) is 12.4 Å². The molecule has 2 rings (SSSR count). The number of alkyl halides is 3. The molecule has 1 saturated heterocycles. The van der Waals surface area contributed by atoms with Gasteiger partial charge in [-0.15, -0.1) is 0 Å². The van der Waals surface area contributed by atoms with E-state index < -0.39 is 72.4 Å². The molecule has 1 aromatic carbocycles. The van der Waals surface area contributed by atoms with Crippen molar-refractivity contribution in [2.75, 3.05) is 6.61 Å². The fourth-order valence-electron chi connectivity index (χ4n) is 2.81. The molecule has 170 valence electrons. The first-order valence-corrected chi connectivity index (χ1v) is 8.90. The van der Waals surface area contributed by atoms with Crippen molar-refractivity contribution < 1.29 is 56.0 Å². The van der Waals surface area contributed by atoms with Gasteiger partial charge in [-0.05, 0) is 18.2 Å². The highest BCUT2D eigenvalue weighted by Gasteiger charge is 2.48. The minimum Gasteiger partial charge on any atom is -0.456 e. The van der Waals surface area contributed by atoms with E-state index in [0.29, 0.717) is 6.07 Å². The van der Waals surface area contributed by atoms with E-state index in [0.717, 1.165) is 39.0 Å². The highest BCUT2D eigenvalue weighted by Crippen LogP contribution is 2.30. The summed E-state index contributed by atoms with van der Waals surface area (Å²) in [5.41, 5.74) is -1.51. The minimum atomic E-state index is -4.68. The maximum Gasteiger partial charge on any atom is 0.416 e. The Morgan fingerprint density at radius 1 is 0.903 bits per heavy atom. The SMILES string of the molecule is CC(=O)O[C@@H]1[C@@H](OC(C)=O)[C@H](OC(=O)c2cccc(C(F)(F)F)c2)OC[C@H]1OC(C)=O. The van der Waals surface area contributed by atoms with E-state index in [2.05, 4.69) is 0 Å². The smallest absolute Gasteiger partial charge is 0.416 e. The molecule has 0 saturated carbocycles. The average Bonchev–Trinajstić information content (AvgIpc) is 2.64. The quantitative estimate of drug-likeness (QED) is 0.493. The van der Waals surface area contributed by atoms with Gasteiger partial charge in [-0.1, -0.05) is 6.07 Å². The van der Waals surface area contributed by atoms with E-state index >= 15 is 0 Å². The molecule has 31 heavy (non-hydrogen) atoms. The summed E-state index contributed by atoms with van der Waals surface area (Å²) in [5, 5.41) is 0. The number of benzene rings is 1. The van der Waals surface area contributed by atoms with Crippen LogP contribution in [-0.2, 0) is 44.2 Å². The van der Waals surface area contributed by atoms with E-state index in [1.807, 2.05) is 0 Å². The van der Waals surface area contributed by atoms with E-state index in [4.69, 9.17) is 23.7 Å². The summed E-state index contributed by atoms with van der Waals surface area (Å²) in [4.78, 5) is 46.8. The second-order valence-corrected chi connectivity index (χ2v) is 6.48. The first kappa shape index (κ1) is 24.1. The Balaban J connectivity index is 2.29. The van der Waals surface area contributed by atoms with Crippen molar-refractivity contribution in [3.8, 4) is 0 Å². The van der Waals surface area contributed by atoms with Crippen LogP contribution in [0.15, 0.2) is 24.3 Å². The predicted molar refractivity (Wildman–Crippen MR) is 93.3 cm³/mol. The highest BCUT2D eigenvalue weighted by atomic mass is 19.4. The molecule has 1 aliphatic rings. The fourth-order valence-corrected chi connectivity index (χ4v) is 2.81. The van der Waals surface area contributed by atoms with Crippen LogP contribution in [0.1, 0.15) is 36.7 Å². The van der Waals surface area contributed by atoms with Gasteiger partial charge in [-0.3, -0.25) is 14.4 Å². The molecule has 0 bridgehead atoms. The van der Waals surface area contributed by atoms with E-state index in [1.54, 1.807) is 0 Å². The molecule has 12 heteroatoms. The van der Waals surface area contributed by atoms with E-state index in [1.165, 1.54) is 0 Å². The molecule has 1 heterocycles. The van der Waals surface area contributed by atoms with Crippen molar-refractivity contribution in [3.63, 3.8) is 0 Å². The monoisotopic (exact) mass is 448 g/mol. The minimum absolute atomic E-state index is 0.407. The Labute approximate surface area is 174 Å². The van der Waals surface area contributed by atoms with Crippen LogP contribution in [0.2, 0.25) is 0 Å². The van der Waals surface area contributed by atoms with Crippen LogP contribution >= 0.6 is 0 Å². The lowest BCUT2D eigenvalue weighted by atomic mass is 10.0. The average molecular weight is 448 g/mol. The zero-order valence-electron chi connectivity index (χ0n) is 16.6. The van der Waals surface area contributed by atoms with Gasteiger partial charge in [0.05, 0.1) is 17.7 Å². The van der Waals surface area contributed by atoms with Crippen molar-refractivity contribution in [1.29, 1.82) is 0 Å². The molecule has 0 amide bonds. The second-order valence-electron chi connectivity index (χ2n) is 6.48. The Kier molecular flexibility index (Phi) is 7.60. The third-order valence-corrected chi connectivity index (χ3v) is 3.95. The Morgan fingerprint density at radius 2 is 1.48 bits per heavy atom. The van der Waals surface area contributed by atoms with Gasteiger partial charge in [-0.25, -0.2) is 4.79 Å². The number of rotatable bonds is 5. The maximum atomic E-state index is 12.9. The predicted octanol–water partition coefficient (Wildman–Crippen LogP) is 2.01. The molecular weight excluding hydrogens is 429 g/mol. The Morgan fingerprint density at radius 3 is 2.03 bits per heavy atom. The number of halogens is 3. The fraction of sp³-hybridized carbons (Fsp3) is 0.474. The van der Waals surface area contributed by atoms with E-state index in [9.17, 15) is 32.3 Å². The third-order valence-electron chi connectivity index (χ3n) is 3.95. The lowest BCUT2D eigenvalue weighted by molar-refractivity contribution is -0.266. The number of esters is 4. The third kappa shape index (κ3) is 6.67. The van der Waals surface area contributed by atoms with Crippen LogP contribution in [-0.4, -0.2) is 55.1 Å². The summed E-state index contributed by atoms with van der Waals surface area (Å²) >= 11 is 0. The molecular formula is C19H19F3O9. The number of hydrogen-bond donors (Lipinski definition) is 0. The lowest BCUT2D eigenvalue weighted by Gasteiger charge is -2.39. The first-order valence-electron chi connectivity index (χ1n) is 8.90. The van der Waals surface area contributed by atoms with Gasteiger partial charge in [0.25, 0.3) is 0 Å². The number of carbonyl (C=O) groups excluding carboxylic acids is 4. The molecule has 9 nitrogen and oxygen atoms in total. The zero-order valence-corrected chi connectivity index (χ0v) is 16.6. The van der Waals surface area contributed by atoms with Crippen molar-refractivity contribution in [2.24, 2.45) is 0 Å². The Bertz CT molecular complexity index is 852. The Hall–Kier alpha value is -3.15. The first-order chi connectivity index (χ1) is 14.4. The van der Waals surface area contributed by atoms with Crippen molar-refractivity contribution >= 4 is 23.9 Å². The summed E-state index contributed by atoms with van der Waals surface area (Å²) < 4.78 is 64.2. The molecule has 1 aromatic rings. The molecule has 0 aliphatic carbocycles. The molecule has 1 fully saturated rings. The summed E-state index contributed by atoms with van der Waals surface area (Å²) in [6.07, 6.45) is -10.5. The van der Waals surface area contributed by atoms with Crippen molar-refractivity contribution in [1.82, 2.24) is 0 Å². The van der Waals surface area contributed by atoms with Crippen LogP contribution in [0.3, 0.4) is 0 Å². The van der Waals surface area contributed by atoms with Crippen molar-refractivity contribution in [3.05, 3.63) is 35.4 Å². The molecule has 0 unspecified atom stereocenters. The van der Waals surface area contributed by atoms with Crippen LogP contribution in [0.4, 0.5) is 13.2 Å². The van der Waals surface area contributed by atoms with Gasteiger partial charge in [-0.2, -0.15) is 13.2 Å². The lowest BCUT2D eigenvalue weighted by Crippen LogP contribution is -2.58.